The second-order valence-electron chi connectivity index (χ2n) is 11.7. The maximum atomic E-state index is 14.0. The highest BCUT2D eigenvalue weighted by atomic mass is 19.1. The fourth-order valence-corrected chi connectivity index (χ4v) is 7.70. The van der Waals surface area contributed by atoms with Crippen LogP contribution in [0.25, 0.3) is 0 Å². The Morgan fingerprint density at radius 1 is 1.14 bits per heavy atom. The molecule has 6 nitrogen and oxygen atoms in total. The van der Waals surface area contributed by atoms with Crippen molar-refractivity contribution < 1.29 is 14.2 Å². The van der Waals surface area contributed by atoms with E-state index in [-0.39, 0.29) is 29.9 Å². The Morgan fingerprint density at radius 2 is 2.00 bits per heavy atom. The lowest BCUT2D eigenvalue weighted by molar-refractivity contribution is -0.0453. The molecule has 37 heavy (non-hydrogen) atoms. The molecule has 3 fully saturated rings. The summed E-state index contributed by atoms with van der Waals surface area (Å²) in [6.07, 6.45) is 6.18. The zero-order valence-corrected chi connectivity index (χ0v) is 22.0. The Hall–Kier alpha value is -2.19. The van der Waals surface area contributed by atoms with Crippen molar-refractivity contribution in [2.75, 3.05) is 51.8 Å². The second kappa shape index (κ2) is 10.5. The van der Waals surface area contributed by atoms with Crippen LogP contribution >= 0.6 is 0 Å². The highest BCUT2D eigenvalue weighted by Crippen LogP contribution is 2.56. The van der Waals surface area contributed by atoms with Gasteiger partial charge in [0, 0.05) is 43.3 Å². The van der Waals surface area contributed by atoms with Crippen molar-refractivity contribution in [2.24, 2.45) is 5.41 Å². The van der Waals surface area contributed by atoms with Crippen molar-refractivity contribution in [3.05, 3.63) is 59.4 Å². The van der Waals surface area contributed by atoms with E-state index in [4.69, 9.17) is 4.74 Å². The van der Waals surface area contributed by atoms with Crippen LogP contribution in [0.5, 0.6) is 5.75 Å². The van der Waals surface area contributed by atoms with Crippen LogP contribution < -0.4 is 15.4 Å². The lowest BCUT2D eigenvalue weighted by Gasteiger charge is -2.56. The van der Waals surface area contributed by atoms with Crippen LogP contribution in [-0.2, 0) is 6.54 Å². The Balaban J connectivity index is 1.29. The van der Waals surface area contributed by atoms with Gasteiger partial charge in [0.25, 0.3) is 0 Å². The molecule has 2 aromatic carbocycles. The van der Waals surface area contributed by atoms with Gasteiger partial charge in [-0.2, -0.15) is 0 Å². The van der Waals surface area contributed by atoms with Gasteiger partial charge < -0.3 is 25.4 Å². The van der Waals surface area contributed by atoms with E-state index >= 15 is 0 Å². The van der Waals surface area contributed by atoms with E-state index < -0.39 is 0 Å². The third-order valence-corrected chi connectivity index (χ3v) is 9.54. The number of benzene rings is 2. The Bertz CT molecular complexity index is 1080. The summed E-state index contributed by atoms with van der Waals surface area (Å²) in [5.74, 6) is 0.987. The molecular weight excluding hydrogens is 467 g/mol. The summed E-state index contributed by atoms with van der Waals surface area (Å²) in [5, 5.41) is 18.2. The number of rotatable bonds is 6. The monoisotopic (exact) mass is 508 g/mol. The van der Waals surface area contributed by atoms with Crippen LogP contribution in [0.2, 0.25) is 0 Å². The molecule has 4 aliphatic heterocycles. The number of methoxy groups -OCH3 is 1. The third kappa shape index (κ3) is 4.87. The number of nitrogens with one attached hydrogen (secondary N) is 2. The average Bonchev–Trinajstić information content (AvgIpc) is 3.30. The number of ether oxygens (including phenoxy) is 1. The van der Waals surface area contributed by atoms with Crippen LogP contribution in [-0.4, -0.2) is 79.5 Å². The van der Waals surface area contributed by atoms with Gasteiger partial charge in [-0.05, 0) is 80.1 Å². The minimum absolute atomic E-state index is 0.0400. The second-order valence-corrected chi connectivity index (χ2v) is 11.7. The first kappa shape index (κ1) is 25.1. The highest BCUT2D eigenvalue weighted by molar-refractivity contribution is 5.64. The Kier molecular flexibility index (Phi) is 7.14. The van der Waals surface area contributed by atoms with Gasteiger partial charge in [-0.3, -0.25) is 4.90 Å². The fourth-order valence-electron chi connectivity index (χ4n) is 7.70. The largest absolute Gasteiger partial charge is 0.497 e. The van der Waals surface area contributed by atoms with E-state index in [9.17, 15) is 9.50 Å². The number of halogens is 1. The summed E-state index contributed by atoms with van der Waals surface area (Å²) < 4.78 is 19.6. The Labute approximate surface area is 220 Å². The molecular formula is C30H41FN4O2. The predicted octanol–water partition coefficient (Wildman–Crippen LogP) is 3.81. The molecule has 0 aromatic heterocycles. The van der Waals surface area contributed by atoms with E-state index in [1.54, 1.807) is 19.2 Å². The Morgan fingerprint density at radius 3 is 2.73 bits per heavy atom. The van der Waals surface area contributed by atoms with E-state index in [0.29, 0.717) is 18.5 Å². The lowest BCUT2D eigenvalue weighted by atomic mass is 9.60. The number of likely N-dealkylation sites (tertiary alicyclic amines) is 2. The van der Waals surface area contributed by atoms with Gasteiger partial charge in [0.2, 0.25) is 0 Å². The molecule has 0 bridgehead atoms. The molecule has 200 valence electrons. The van der Waals surface area contributed by atoms with Gasteiger partial charge in [-0.15, -0.1) is 0 Å². The smallest absolute Gasteiger partial charge is 0.123 e. The minimum atomic E-state index is -0.203. The van der Waals surface area contributed by atoms with Crippen LogP contribution in [0.3, 0.4) is 0 Å². The van der Waals surface area contributed by atoms with E-state index in [1.165, 1.54) is 30.9 Å². The van der Waals surface area contributed by atoms with Crippen molar-refractivity contribution in [1.29, 1.82) is 0 Å². The summed E-state index contributed by atoms with van der Waals surface area (Å²) >= 11 is 0. The highest BCUT2D eigenvalue weighted by Gasteiger charge is 2.56. The first-order chi connectivity index (χ1) is 18.1. The zero-order valence-electron chi connectivity index (χ0n) is 22.0. The normalized spacial score (nSPS) is 29.5. The first-order valence-corrected chi connectivity index (χ1v) is 14.1. The van der Waals surface area contributed by atoms with Crippen LogP contribution in [0.15, 0.2) is 42.5 Å². The van der Waals surface area contributed by atoms with Crippen molar-refractivity contribution in [1.82, 2.24) is 15.1 Å². The molecule has 7 heteroatoms. The van der Waals surface area contributed by atoms with Crippen molar-refractivity contribution >= 4 is 5.69 Å². The van der Waals surface area contributed by atoms with E-state index in [2.05, 4.69) is 38.6 Å². The fraction of sp³-hybridized carbons (Fsp3) is 0.600. The van der Waals surface area contributed by atoms with Gasteiger partial charge in [0.1, 0.15) is 11.6 Å². The van der Waals surface area contributed by atoms with Gasteiger partial charge in [0.05, 0.1) is 25.8 Å². The molecule has 4 atom stereocenters. The minimum Gasteiger partial charge on any atom is -0.497 e. The molecule has 0 aliphatic carbocycles. The molecule has 6 rings (SSSR count). The van der Waals surface area contributed by atoms with Crippen molar-refractivity contribution in [3.8, 4) is 5.75 Å². The summed E-state index contributed by atoms with van der Waals surface area (Å²) in [6, 6.07) is 14.0. The molecule has 0 saturated carbocycles. The maximum absolute atomic E-state index is 14.0. The van der Waals surface area contributed by atoms with Gasteiger partial charge >= 0.3 is 0 Å². The average molecular weight is 509 g/mol. The van der Waals surface area contributed by atoms with E-state index in [0.717, 1.165) is 62.6 Å². The summed E-state index contributed by atoms with van der Waals surface area (Å²) in [6.45, 7) is 6.13. The SMILES string of the molecule is COc1ccc2c(c1)NC1C2C2(CCN(CC3CCCCN3)CC2)CN(Cc2cccc(F)c2)[C@@H]1CO. The van der Waals surface area contributed by atoms with Crippen molar-refractivity contribution in [3.63, 3.8) is 0 Å². The first-order valence-electron chi connectivity index (χ1n) is 14.1. The summed E-state index contributed by atoms with van der Waals surface area (Å²) in [4.78, 5) is 5.08. The number of anilines is 1. The lowest BCUT2D eigenvalue weighted by Crippen LogP contribution is -2.63. The number of hydrogen-bond acceptors (Lipinski definition) is 6. The molecule has 3 unspecified atom stereocenters. The van der Waals surface area contributed by atoms with Gasteiger partial charge in [-0.25, -0.2) is 4.39 Å². The maximum Gasteiger partial charge on any atom is 0.123 e. The molecule has 4 aliphatic rings. The quantitative estimate of drug-likeness (QED) is 0.552. The molecule has 2 aromatic rings. The third-order valence-electron chi connectivity index (χ3n) is 9.54. The molecule has 1 spiro atoms. The predicted molar refractivity (Wildman–Crippen MR) is 145 cm³/mol. The molecule has 4 heterocycles. The van der Waals surface area contributed by atoms with Crippen molar-refractivity contribution in [2.45, 2.75) is 62.7 Å². The zero-order chi connectivity index (χ0) is 25.4. The van der Waals surface area contributed by atoms with Crippen LogP contribution in [0, 0.1) is 11.2 Å². The van der Waals surface area contributed by atoms with E-state index in [1.807, 2.05) is 6.07 Å². The number of aliphatic hydroxyl groups is 1. The number of hydrogen-bond donors (Lipinski definition) is 3. The summed E-state index contributed by atoms with van der Waals surface area (Å²) in [7, 11) is 1.71. The van der Waals surface area contributed by atoms with Gasteiger partial charge in [-0.1, -0.05) is 24.6 Å². The number of fused-ring (bicyclic) bond motifs is 4. The van der Waals surface area contributed by atoms with Gasteiger partial charge in [0.15, 0.2) is 0 Å². The summed E-state index contributed by atoms with van der Waals surface area (Å²) in [5.41, 5.74) is 3.56. The molecule has 0 radical (unpaired) electrons. The molecule has 0 amide bonds. The van der Waals surface area contributed by atoms with Crippen LogP contribution in [0.4, 0.5) is 10.1 Å². The number of piperidine rings is 3. The molecule has 3 N–H and O–H groups in total. The molecule has 3 saturated heterocycles. The number of aliphatic hydroxyl groups excluding tert-OH is 1. The number of nitrogens with zero attached hydrogens (tertiary/aromatic N) is 2. The van der Waals surface area contributed by atoms with Crippen LogP contribution in [0.1, 0.15) is 49.1 Å². The topological polar surface area (TPSA) is 60.0 Å². The standard InChI is InChI=1S/C30H41FN4O2/c1-37-24-8-9-25-26(16-24)33-29-27(19-36)35(17-21-5-4-6-22(31)15-21)20-30(28(25)29)10-13-34(14-11-30)18-23-7-2-3-12-32-23/h4-6,8-9,15-16,23,27-29,32-33,36H,2-3,7,10-14,17-20H2,1H3/t23?,27-,28?,29?/m1/s1.